The number of likely N-dealkylation sites (tertiary alicyclic amines) is 1. The number of ether oxygens (including phenoxy) is 1. The number of thiophene rings is 1. The summed E-state index contributed by atoms with van der Waals surface area (Å²) in [5, 5.41) is 5.57. The van der Waals surface area contributed by atoms with Crippen LogP contribution in [0.5, 0.6) is 0 Å². The van der Waals surface area contributed by atoms with Crippen molar-refractivity contribution in [2.45, 2.75) is 51.4 Å². The molecular formula is C20H26N2O4S. The number of nitrogens with one attached hydrogen (secondary N) is 1. The number of rotatable bonds is 6. The highest BCUT2D eigenvalue weighted by Crippen LogP contribution is 2.46. The quantitative estimate of drug-likeness (QED) is 0.756. The Balaban J connectivity index is 1.39. The Morgan fingerprint density at radius 2 is 1.81 bits per heavy atom. The van der Waals surface area contributed by atoms with Crippen molar-refractivity contribution < 1.29 is 19.1 Å². The molecule has 3 fully saturated rings. The fraction of sp³-hybridized carbons (Fsp3) is 0.650. The van der Waals surface area contributed by atoms with Crippen molar-refractivity contribution in [2.75, 3.05) is 25.0 Å². The maximum Gasteiger partial charge on any atom is 0.341 e. The van der Waals surface area contributed by atoms with Crippen LogP contribution < -0.4 is 5.32 Å². The Hall–Kier alpha value is -1.89. The van der Waals surface area contributed by atoms with Gasteiger partial charge in [-0.25, -0.2) is 4.79 Å². The van der Waals surface area contributed by atoms with Gasteiger partial charge in [-0.3, -0.25) is 9.59 Å². The van der Waals surface area contributed by atoms with Crippen molar-refractivity contribution in [3.05, 3.63) is 16.5 Å². The van der Waals surface area contributed by atoms with Crippen LogP contribution in [-0.2, 0) is 14.3 Å². The van der Waals surface area contributed by atoms with Gasteiger partial charge in [-0.2, -0.15) is 0 Å². The van der Waals surface area contributed by atoms with Crippen LogP contribution in [0.1, 0.15) is 67.3 Å². The topological polar surface area (TPSA) is 75.7 Å². The summed E-state index contributed by atoms with van der Waals surface area (Å²) in [7, 11) is 0. The first-order chi connectivity index (χ1) is 13.1. The molecule has 7 heteroatoms. The minimum absolute atomic E-state index is 0.0525. The third-order valence-electron chi connectivity index (χ3n) is 5.66. The second kappa shape index (κ2) is 7.62. The molecule has 2 amide bonds. The Bertz CT molecular complexity index is 743. The lowest BCUT2D eigenvalue weighted by molar-refractivity contribution is -0.135. The molecule has 2 heterocycles. The maximum atomic E-state index is 12.8. The number of piperidine rings is 1. The molecule has 1 aromatic heterocycles. The van der Waals surface area contributed by atoms with E-state index in [1.165, 1.54) is 11.3 Å². The molecule has 1 N–H and O–H groups in total. The molecule has 2 saturated carbocycles. The van der Waals surface area contributed by atoms with E-state index in [2.05, 4.69) is 5.32 Å². The van der Waals surface area contributed by atoms with Gasteiger partial charge in [0.15, 0.2) is 0 Å². The van der Waals surface area contributed by atoms with Gasteiger partial charge in [0, 0.05) is 24.9 Å². The lowest BCUT2D eigenvalue weighted by atomic mass is 9.95. The standard InChI is InChI=1S/C20H26N2O4S/c1-2-26-20(25)16-15(12-3-4-12)11-27-18(16)21-17(23)13-7-9-22(10-8-13)19(24)14-5-6-14/h11-14H,2-10H2,1H3,(H,21,23). The molecule has 4 rings (SSSR count). The summed E-state index contributed by atoms with van der Waals surface area (Å²) in [6.45, 7) is 3.40. The monoisotopic (exact) mass is 390 g/mol. The van der Waals surface area contributed by atoms with Gasteiger partial charge < -0.3 is 15.0 Å². The van der Waals surface area contributed by atoms with Gasteiger partial charge in [0.05, 0.1) is 12.2 Å². The van der Waals surface area contributed by atoms with Crippen LogP contribution in [0.2, 0.25) is 0 Å². The summed E-state index contributed by atoms with van der Waals surface area (Å²) in [6.07, 6.45) is 5.56. The summed E-state index contributed by atoms with van der Waals surface area (Å²) < 4.78 is 5.21. The first-order valence-corrected chi connectivity index (χ1v) is 10.8. The summed E-state index contributed by atoms with van der Waals surface area (Å²) in [5.74, 6) is 0.391. The Morgan fingerprint density at radius 3 is 2.41 bits per heavy atom. The van der Waals surface area contributed by atoms with Crippen molar-refractivity contribution in [1.82, 2.24) is 4.90 Å². The van der Waals surface area contributed by atoms with Gasteiger partial charge in [0.1, 0.15) is 5.00 Å². The van der Waals surface area contributed by atoms with Crippen molar-refractivity contribution in [3.63, 3.8) is 0 Å². The highest BCUT2D eigenvalue weighted by Gasteiger charge is 2.37. The molecule has 2 aliphatic carbocycles. The summed E-state index contributed by atoms with van der Waals surface area (Å²) in [6, 6.07) is 0. The van der Waals surface area contributed by atoms with E-state index < -0.39 is 0 Å². The molecule has 0 radical (unpaired) electrons. The zero-order valence-electron chi connectivity index (χ0n) is 15.7. The molecule has 0 bridgehead atoms. The average Bonchev–Trinajstić information content (AvgIpc) is 3.59. The molecule has 1 aliphatic heterocycles. The van der Waals surface area contributed by atoms with Crippen LogP contribution in [0.4, 0.5) is 5.00 Å². The number of anilines is 1. The molecule has 27 heavy (non-hydrogen) atoms. The fourth-order valence-electron chi connectivity index (χ4n) is 3.74. The average molecular weight is 391 g/mol. The highest BCUT2D eigenvalue weighted by molar-refractivity contribution is 7.15. The van der Waals surface area contributed by atoms with Crippen LogP contribution in [0.25, 0.3) is 0 Å². The molecular weight excluding hydrogens is 364 g/mol. The molecule has 0 aromatic carbocycles. The van der Waals surface area contributed by atoms with E-state index >= 15 is 0 Å². The van der Waals surface area contributed by atoms with E-state index in [0.29, 0.717) is 49.0 Å². The number of nitrogens with zero attached hydrogens (tertiary/aromatic N) is 1. The van der Waals surface area contributed by atoms with Crippen LogP contribution in [0.15, 0.2) is 5.38 Å². The van der Waals surface area contributed by atoms with Crippen molar-refractivity contribution >= 4 is 34.1 Å². The third kappa shape index (κ3) is 4.03. The number of hydrogen-bond donors (Lipinski definition) is 1. The highest BCUT2D eigenvalue weighted by atomic mass is 32.1. The van der Waals surface area contributed by atoms with Gasteiger partial charge >= 0.3 is 5.97 Å². The normalized spacial score (nSPS) is 20.4. The van der Waals surface area contributed by atoms with Gasteiger partial charge in [-0.1, -0.05) is 0 Å². The molecule has 1 aromatic rings. The molecule has 1 saturated heterocycles. The second-order valence-corrected chi connectivity index (χ2v) is 8.63. The van der Waals surface area contributed by atoms with Crippen LogP contribution >= 0.6 is 11.3 Å². The number of esters is 1. The van der Waals surface area contributed by atoms with Gasteiger partial charge in [-0.15, -0.1) is 11.3 Å². The Kier molecular flexibility index (Phi) is 5.21. The smallest absolute Gasteiger partial charge is 0.341 e. The van der Waals surface area contributed by atoms with E-state index in [-0.39, 0.29) is 29.6 Å². The van der Waals surface area contributed by atoms with Crippen molar-refractivity contribution in [3.8, 4) is 0 Å². The maximum absolute atomic E-state index is 12.8. The summed E-state index contributed by atoms with van der Waals surface area (Å²) >= 11 is 1.41. The van der Waals surface area contributed by atoms with Crippen LogP contribution in [-0.4, -0.2) is 42.4 Å². The molecule has 0 unspecified atom stereocenters. The predicted octanol–water partition coefficient (Wildman–Crippen LogP) is 3.39. The van der Waals surface area contributed by atoms with E-state index in [1.807, 2.05) is 10.3 Å². The minimum atomic E-state index is -0.346. The predicted molar refractivity (Wildman–Crippen MR) is 103 cm³/mol. The first-order valence-electron chi connectivity index (χ1n) is 9.96. The molecule has 146 valence electrons. The van der Waals surface area contributed by atoms with Gasteiger partial charge in [0.25, 0.3) is 0 Å². The first kappa shape index (κ1) is 18.5. The zero-order valence-corrected chi connectivity index (χ0v) is 16.5. The van der Waals surface area contributed by atoms with Crippen molar-refractivity contribution in [2.24, 2.45) is 11.8 Å². The molecule has 0 spiro atoms. The molecule has 6 nitrogen and oxygen atoms in total. The summed E-state index contributed by atoms with van der Waals surface area (Å²) in [5.41, 5.74) is 1.55. The van der Waals surface area contributed by atoms with Crippen molar-refractivity contribution in [1.29, 1.82) is 0 Å². The number of hydrogen-bond acceptors (Lipinski definition) is 5. The SMILES string of the molecule is CCOC(=O)c1c(C2CC2)csc1NC(=O)C1CCN(C(=O)C2CC2)CC1. The lowest BCUT2D eigenvalue weighted by Gasteiger charge is -2.31. The van der Waals surface area contributed by atoms with E-state index in [0.717, 1.165) is 31.2 Å². The third-order valence-corrected chi connectivity index (χ3v) is 6.57. The number of carbonyl (C=O) groups excluding carboxylic acids is 3. The molecule has 3 aliphatic rings. The van der Waals surface area contributed by atoms with Crippen LogP contribution in [0, 0.1) is 11.8 Å². The Labute approximate surface area is 163 Å². The fourth-order valence-corrected chi connectivity index (χ4v) is 4.77. The minimum Gasteiger partial charge on any atom is -0.462 e. The Morgan fingerprint density at radius 1 is 1.11 bits per heavy atom. The van der Waals surface area contributed by atoms with Gasteiger partial charge in [-0.05, 0) is 62.3 Å². The van der Waals surface area contributed by atoms with Crippen LogP contribution in [0.3, 0.4) is 0 Å². The number of amides is 2. The summed E-state index contributed by atoms with van der Waals surface area (Å²) in [4.78, 5) is 39.2. The van der Waals surface area contributed by atoms with E-state index in [1.54, 1.807) is 6.92 Å². The lowest BCUT2D eigenvalue weighted by Crippen LogP contribution is -2.42. The molecule has 0 atom stereocenters. The largest absolute Gasteiger partial charge is 0.462 e. The zero-order chi connectivity index (χ0) is 19.0. The number of carbonyl (C=O) groups is 3. The second-order valence-electron chi connectivity index (χ2n) is 7.75. The van der Waals surface area contributed by atoms with E-state index in [9.17, 15) is 14.4 Å². The van der Waals surface area contributed by atoms with E-state index in [4.69, 9.17) is 4.74 Å². The van der Waals surface area contributed by atoms with Gasteiger partial charge in [0.2, 0.25) is 11.8 Å².